The topological polar surface area (TPSA) is 41.3 Å². The number of rotatable bonds is 5. The summed E-state index contributed by atoms with van der Waals surface area (Å²) in [6, 6.07) is 0.674. The predicted octanol–water partition coefficient (Wildman–Crippen LogP) is 2.19. The van der Waals surface area contributed by atoms with Crippen LogP contribution in [0.5, 0.6) is 0 Å². The van der Waals surface area contributed by atoms with Gasteiger partial charge in [0.2, 0.25) is 5.89 Å². The van der Waals surface area contributed by atoms with E-state index >= 15 is 0 Å². The Labute approximate surface area is 110 Å². The largest absolute Gasteiger partial charge is 0.445 e. The third-order valence-corrected chi connectivity index (χ3v) is 3.67. The Bertz CT molecular complexity index is 364. The highest BCUT2D eigenvalue weighted by molar-refractivity contribution is 4.92. The first-order valence-corrected chi connectivity index (χ1v) is 7.06. The third kappa shape index (κ3) is 3.56. The molecule has 1 saturated heterocycles. The van der Waals surface area contributed by atoms with E-state index in [4.69, 9.17) is 4.42 Å². The van der Waals surface area contributed by atoms with Crippen LogP contribution in [0.15, 0.2) is 10.6 Å². The van der Waals surface area contributed by atoms with E-state index in [0.29, 0.717) is 12.0 Å². The monoisotopic (exact) mass is 251 g/mol. The highest BCUT2D eigenvalue weighted by atomic mass is 16.4. The zero-order valence-corrected chi connectivity index (χ0v) is 11.8. The molecule has 2 unspecified atom stereocenters. The lowest BCUT2D eigenvalue weighted by atomic mass is 9.94. The Balaban J connectivity index is 1.80. The van der Waals surface area contributed by atoms with Crippen LogP contribution >= 0.6 is 0 Å². The standard InChI is InChI=1S/C14H25N3O/c1-4-6-15-13-5-7-17(9-11(13)2)10-14-16-8-12(3)18-14/h8,11,13,15H,4-7,9-10H2,1-3H3. The van der Waals surface area contributed by atoms with Crippen molar-refractivity contribution in [3.8, 4) is 0 Å². The summed E-state index contributed by atoms with van der Waals surface area (Å²) in [6.07, 6.45) is 4.23. The summed E-state index contributed by atoms with van der Waals surface area (Å²) in [5.41, 5.74) is 0. The quantitative estimate of drug-likeness (QED) is 0.871. The van der Waals surface area contributed by atoms with Gasteiger partial charge in [0.05, 0.1) is 12.7 Å². The number of nitrogens with zero attached hydrogens (tertiary/aromatic N) is 2. The molecule has 18 heavy (non-hydrogen) atoms. The third-order valence-electron chi connectivity index (χ3n) is 3.67. The summed E-state index contributed by atoms with van der Waals surface area (Å²) in [7, 11) is 0. The maximum atomic E-state index is 5.54. The maximum absolute atomic E-state index is 5.54. The molecular weight excluding hydrogens is 226 g/mol. The van der Waals surface area contributed by atoms with Gasteiger partial charge in [-0.2, -0.15) is 0 Å². The van der Waals surface area contributed by atoms with E-state index in [9.17, 15) is 0 Å². The first-order valence-electron chi connectivity index (χ1n) is 7.06. The molecule has 2 heterocycles. The van der Waals surface area contributed by atoms with Gasteiger partial charge in [0.15, 0.2) is 0 Å². The summed E-state index contributed by atoms with van der Waals surface area (Å²) < 4.78 is 5.54. The zero-order valence-electron chi connectivity index (χ0n) is 11.8. The molecule has 0 bridgehead atoms. The first kappa shape index (κ1) is 13.6. The van der Waals surface area contributed by atoms with E-state index < -0.39 is 0 Å². The Kier molecular flexibility index (Phi) is 4.78. The number of likely N-dealkylation sites (tertiary alicyclic amines) is 1. The van der Waals surface area contributed by atoms with Gasteiger partial charge in [-0.15, -0.1) is 0 Å². The molecule has 4 nitrogen and oxygen atoms in total. The average molecular weight is 251 g/mol. The Morgan fingerprint density at radius 1 is 1.56 bits per heavy atom. The minimum Gasteiger partial charge on any atom is -0.445 e. The Morgan fingerprint density at radius 2 is 2.39 bits per heavy atom. The van der Waals surface area contributed by atoms with Crippen LogP contribution in [0.3, 0.4) is 0 Å². The van der Waals surface area contributed by atoms with E-state index in [2.05, 4.69) is 29.0 Å². The second kappa shape index (κ2) is 6.34. The zero-order chi connectivity index (χ0) is 13.0. The van der Waals surface area contributed by atoms with E-state index in [-0.39, 0.29) is 0 Å². The van der Waals surface area contributed by atoms with Crippen LogP contribution in [0.4, 0.5) is 0 Å². The normalized spacial score (nSPS) is 25.5. The van der Waals surface area contributed by atoms with Gasteiger partial charge in [0.25, 0.3) is 0 Å². The minimum absolute atomic E-state index is 0.674. The molecule has 0 radical (unpaired) electrons. The lowest BCUT2D eigenvalue weighted by Gasteiger charge is -2.36. The molecule has 4 heteroatoms. The number of piperidine rings is 1. The molecular formula is C14H25N3O. The SMILES string of the molecule is CCCNC1CCN(Cc2ncc(C)o2)CC1C. The fourth-order valence-corrected chi connectivity index (χ4v) is 2.67. The lowest BCUT2D eigenvalue weighted by molar-refractivity contribution is 0.131. The molecule has 0 amide bonds. The van der Waals surface area contributed by atoms with Gasteiger partial charge < -0.3 is 9.73 Å². The molecule has 2 rings (SSSR count). The number of hydrogen-bond donors (Lipinski definition) is 1. The summed E-state index contributed by atoms with van der Waals surface area (Å²) in [4.78, 5) is 6.72. The van der Waals surface area contributed by atoms with Crippen molar-refractivity contribution < 1.29 is 4.42 Å². The van der Waals surface area contributed by atoms with E-state index in [0.717, 1.165) is 37.8 Å². The predicted molar refractivity (Wildman–Crippen MR) is 72.4 cm³/mol. The first-order chi connectivity index (χ1) is 8.69. The molecule has 1 aliphatic heterocycles. The van der Waals surface area contributed by atoms with Gasteiger partial charge in [-0.1, -0.05) is 13.8 Å². The van der Waals surface area contributed by atoms with Crippen molar-refractivity contribution in [1.82, 2.24) is 15.2 Å². The fraction of sp³-hybridized carbons (Fsp3) is 0.786. The van der Waals surface area contributed by atoms with E-state index in [1.165, 1.54) is 12.8 Å². The Morgan fingerprint density at radius 3 is 3.00 bits per heavy atom. The smallest absolute Gasteiger partial charge is 0.208 e. The number of aromatic nitrogens is 1. The van der Waals surface area contributed by atoms with Crippen LogP contribution in [0, 0.1) is 12.8 Å². The van der Waals surface area contributed by atoms with Crippen molar-refractivity contribution in [3.63, 3.8) is 0 Å². The van der Waals surface area contributed by atoms with Crippen molar-refractivity contribution >= 4 is 0 Å². The number of nitrogens with one attached hydrogen (secondary N) is 1. The van der Waals surface area contributed by atoms with Crippen LogP contribution in [-0.4, -0.2) is 35.6 Å². The number of hydrogen-bond acceptors (Lipinski definition) is 4. The lowest BCUT2D eigenvalue weighted by Crippen LogP contribution is -2.48. The Hall–Kier alpha value is -0.870. The van der Waals surface area contributed by atoms with Crippen molar-refractivity contribution in [1.29, 1.82) is 0 Å². The molecule has 0 spiro atoms. The van der Waals surface area contributed by atoms with Gasteiger partial charge in [-0.3, -0.25) is 4.90 Å². The molecule has 1 aromatic heterocycles. The molecule has 1 aromatic rings. The molecule has 0 aromatic carbocycles. The van der Waals surface area contributed by atoms with Gasteiger partial charge >= 0.3 is 0 Å². The van der Waals surface area contributed by atoms with Crippen LogP contribution in [0.1, 0.15) is 38.3 Å². The number of oxazole rings is 1. The number of aryl methyl sites for hydroxylation is 1. The second-order valence-electron chi connectivity index (χ2n) is 5.43. The van der Waals surface area contributed by atoms with Crippen LogP contribution < -0.4 is 5.32 Å². The van der Waals surface area contributed by atoms with Crippen LogP contribution in [-0.2, 0) is 6.54 Å². The van der Waals surface area contributed by atoms with Crippen molar-refractivity contribution in [3.05, 3.63) is 17.8 Å². The summed E-state index contributed by atoms with van der Waals surface area (Å²) in [5.74, 6) is 2.44. The van der Waals surface area contributed by atoms with Gasteiger partial charge in [-0.05, 0) is 32.2 Å². The summed E-state index contributed by atoms with van der Waals surface area (Å²) in [5, 5.41) is 3.64. The highest BCUT2D eigenvalue weighted by Crippen LogP contribution is 2.18. The summed E-state index contributed by atoms with van der Waals surface area (Å²) in [6.45, 7) is 10.7. The molecule has 1 N–H and O–H groups in total. The van der Waals surface area contributed by atoms with Gasteiger partial charge in [0.1, 0.15) is 5.76 Å². The van der Waals surface area contributed by atoms with Gasteiger partial charge in [0, 0.05) is 19.1 Å². The van der Waals surface area contributed by atoms with Crippen LogP contribution in [0.25, 0.3) is 0 Å². The molecule has 1 aliphatic rings. The molecule has 1 fully saturated rings. The van der Waals surface area contributed by atoms with E-state index in [1.54, 1.807) is 6.20 Å². The average Bonchev–Trinajstić information content (AvgIpc) is 2.74. The second-order valence-corrected chi connectivity index (χ2v) is 5.43. The van der Waals surface area contributed by atoms with Crippen molar-refractivity contribution in [2.45, 2.75) is 46.2 Å². The highest BCUT2D eigenvalue weighted by Gasteiger charge is 2.26. The molecule has 2 atom stereocenters. The van der Waals surface area contributed by atoms with Crippen molar-refractivity contribution in [2.75, 3.05) is 19.6 Å². The maximum Gasteiger partial charge on any atom is 0.208 e. The molecule has 0 saturated carbocycles. The fourth-order valence-electron chi connectivity index (χ4n) is 2.67. The van der Waals surface area contributed by atoms with Gasteiger partial charge in [-0.25, -0.2) is 4.98 Å². The summed E-state index contributed by atoms with van der Waals surface area (Å²) >= 11 is 0. The van der Waals surface area contributed by atoms with Crippen molar-refractivity contribution in [2.24, 2.45) is 5.92 Å². The van der Waals surface area contributed by atoms with Crippen LogP contribution in [0.2, 0.25) is 0 Å². The molecule has 0 aliphatic carbocycles. The molecule has 102 valence electrons. The minimum atomic E-state index is 0.674. The van der Waals surface area contributed by atoms with E-state index in [1.807, 2.05) is 6.92 Å².